The maximum Gasteiger partial charge on any atom is 0.228 e. The van der Waals surface area contributed by atoms with Gasteiger partial charge in [-0.25, -0.2) is 0 Å². The summed E-state index contributed by atoms with van der Waals surface area (Å²) in [5.74, 6) is 2.18. The molecule has 3 aliphatic rings. The van der Waals surface area contributed by atoms with Crippen LogP contribution in [0.3, 0.4) is 0 Å². The molecule has 1 saturated heterocycles. The third-order valence-corrected chi connectivity index (χ3v) is 7.57. The lowest BCUT2D eigenvalue weighted by Crippen LogP contribution is -2.44. The molecule has 0 spiro atoms. The Morgan fingerprint density at radius 1 is 0.931 bits per heavy atom. The summed E-state index contributed by atoms with van der Waals surface area (Å²) < 4.78 is 0. The van der Waals surface area contributed by atoms with Gasteiger partial charge in [0, 0.05) is 25.7 Å². The molecule has 5 rings (SSSR count). The molecule has 3 fully saturated rings. The van der Waals surface area contributed by atoms with Gasteiger partial charge >= 0.3 is 0 Å². The van der Waals surface area contributed by atoms with Crippen molar-refractivity contribution in [1.29, 1.82) is 0 Å². The quantitative estimate of drug-likeness (QED) is 0.784. The predicted octanol–water partition coefficient (Wildman–Crippen LogP) is 4.60. The van der Waals surface area contributed by atoms with E-state index in [1.807, 2.05) is 6.07 Å². The molecule has 0 radical (unpaired) electrons. The highest BCUT2D eigenvalue weighted by Gasteiger charge is 2.44. The van der Waals surface area contributed by atoms with E-state index in [9.17, 15) is 4.79 Å². The van der Waals surface area contributed by atoms with Crippen LogP contribution < -0.4 is 5.32 Å². The third kappa shape index (κ3) is 3.98. The molecule has 4 unspecified atom stereocenters. The van der Waals surface area contributed by atoms with Gasteiger partial charge in [0.25, 0.3) is 0 Å². The number of carbonyl (C=O) groups excluding carboxylic acids is 1. The second kappa shape index (κ2) is 8.31. The lowest BCUT2D eigenvalue weighted by atomic mass is 9.72. The van der Waals surface area contributed by atoms with Gasteiger partial charge in [0.15, 0.2) is 0 Å². The molecular formula is C26H32N2O. The van der Waals surface area contributed by atoms with Crippen molar-refractivity contribution >= 4 is 5.91 Å². The molecule has 4 atom stereocenters. The molecule has 3 nitrogen and oxygen atoms in total. The van der Waals surface area contributed by atoms with Crippen LogP contribution in [0.25, 0.3) is 0 Å². The van der Waals surface area contributed by atoms with Crippen LogP contribution in [0, 0.1) is 17.8 Å². The first-order valence-corrected chi connectivity index (χ1v) is 11.4. The molecule has 2 aliphatic carbocycles. The SMILES string of the molecule is O=C(NC1CCC2CN(Cc3ccccc3)CC21)C(c1ccccc1)C1CCC1. The van der Waals surface area contributed by atoms with Crippen LogP contribution in [0.4, 0.5) is 0 Å². The zero-order valence-corrected chi connectivity index (χ0v) is 17.2. The summed E-state index contributed by atoms with van der Waals surface area (Å²) in [4.78, 5) is 16.0. The summed E-state index contributed by atoms with van der Waals surface area (Å²) in [6.45, 7) is 3.32. The van der Waals surface area contributed by atoms with Crippen LogP contribution in [-0.4, -0.2) is 29.9 Å². The summed E-state index contributed by atoms with van der Waals surface area (Å²) >= 11 is 0. The predicted molar refractivity (Wildman–Crippen MR) is 116 cm³/mol. The molecule has 3 heteroatoms. The van der Waals surface area contributed by atoms with Gasteiger partial charge in [0.05, 0.1) is 5.92 Å². The average Bonchev–Trinajstić information content (AvgIpc) is 3.27. The van der Waals surface area contributed by atoms with Gasteiger partial charge in [-0.1, -0.05) is 67.1 Å². The van der Waals surface area contributed by atoms with Crippen LogP contribution in [-0.2, 0) is 11.3 Å². The van der Waals surface area contributed by atoms with E-state index in [-0.39, 0.29) is 11.8 Å². The Morgan fingerprint density at radius 3 is 2.34 bits per heavy atom. The van der Waals surface area contributed by atoms with E-state index in [4.69, 9.17) is 0 Å². The molecule has 1 amide bonds. The van der Waals surface area contributed by atoms with Crippen molar-refractivity contribution in [2.45, 2.75) is 50.6 Å². The van der Waals surface area contributed by atoms with Crippen LogP contribution in [0.15, 0.2) is 60.7 Å². The lowest BCUT2D eigenvalue weighted by Gasteiger charge is -2.34. The maximum absolute atomic E-state index is 13.4. The van der Waals surface area contributed by atoms with Crippen molar-refractivity contribution in [1.82, 2.24) is 10.2 Å². The molecule has 1 N–H and O–H groups in total. The molecule has 152 valence electrons. The summed E-state index contributed by atoms with van der Waals surface area (Å²) in [6.07, 6.45) is 6.04. The molecule has 1 aliphatic heterocycles. The van der Waals surface area contributed by atoms with E-state index >= 15 is 0 Å². The van der Waals surface area contributed by atoms with E-state index in [0.29, 0.717) is 17.9 Å². The van der Waals surface area contributed by atoms with Crippen molar-refractivity contribution in [2.24, 2.45) is 17.8 Å². The zero-order valence-electron chi connectivity index (χ0n) is 17.2. The first-order chi connectivity index (χ1) is 14.3. The smallest absolute Gasteiger partial charge is 0.228 e. The molecule has 2 saturated carbocycles. The molecule has 29 heavy (non-hydrogen) atoms. The van der Waals surface area contributed by atoms with Crippen molar-refractivity contribution in [3.63, 3.8) is 0 Å². The van der Waals surface area contributed by atoms with Gasteiger partial charge in [0.1, 0.15) is 0 Å². The van der Waals surface area contributed by atoms with Gasteiger partial charge in [-0.15, -0.1) is 0 Å². The molecular weight excluding hydrogens is 356 g/mol. The summed E-state index contributed by atoms with van der Waals surface area (Å²) in [7, 11) is 0. The van der Waals surface area contributed by atoms with Gasteiger partial charge in [-0.2, -0.15) is 0 Å². The highest BCUT2D eigenvalue weighted by molar-refractivity contribution is 5.84. The standard InChI is InChI=1S/C26H32N2O/c29-26(25(21-12-7-13-21)20-10-5-2-6-11-20)27-24-15-14-22-17-28(18-23(22)24)16-19-8-3-1-4-9-19/h1-6,8-11,21-25H,7,12-18H2,(H,27,29). The van der Waals surface area contributed by atoms with Crippen LogP contribution >= 0.6 is 0 Å². The summed E-state index contributed by atoms with van der Waals surface area (Å²) in [6, 6.07) is 21.6. The van der Waals surface area contributed by atoms with Gasteiger partial charge in [-0.3, -0.25) is 9.69 Å². The number of nitrogens with zero attached hydrogens (tertiary/aromatic N) is 1. The number of amides is 1. The van der Waals surface area contributed by atoms with Crippen LogP contribution in [0.5, 0.6) is 0 Å². The average molecular weight is 389 g/mol. The van der Waals surface area contributed by atoms with Crippen molar-refractivity contribution in [3.8, 4) is 0 Å². The van der Waals surface area contributed by atoms with Gasteiger partial charge in [-0.05, 0) is 54.6 Å². The largest absolute Gasteiger partial charge is 0.352 e. The highest BCUT2D eigenvalue weighted by Crippen LogP contribution is 2.42. The van der Waals surface area contributed by atoms with Crippen molar-refractivity contribution < 1.29 is 4.79 Å². The molecule has 2 aromatic carbocycles. The monoisotopic (exact) mass is 388 g/mol. The molecule has 1 heterocycles. The summed E-state index contributed by atoms with van der Waals surface area (Å²) in [5, 5.41) is 3.52. The normalized spacial score (nSPS) is 27.9. The van der Waals surface area contributed by atoms with Gasteiger partial charge in [0.2, 0.25) is 5.91 Å². The number of fused-ring (bicyclic) bond motifs is 1. The fourth-order valence-electron chi connectivity index (χ4n) is 5.85. The Labute approximate surface area is 174 Å². The van der Waals surface area contributed by atoms with E-state index in [2.05, 4.69) is 64.8 Å². The number of likely N-dealkylation sites (tertiary alicyclic amines) is 1. The topological polar surface area (TPSA) is 32.3 Å². The minimum atomic E-state index is 0.0332. The molecule has 2 aromatic rings. The minimum Gasteiger partial charge on any atom is -0.352 e. The van der Waals surface area contributed by atoms with Crippen molar-refractivity contribution in [3.05, 3.63) is 71.8 Å². The first-order valence-electron chi connectivity index (χ1n) is 11.4. The number of hydrogen-bond donors (Lipinski definition) is 1. The number of rotatable bonds is 6. The fraction of sp³-hybridized carbons (Fsp3) is 0.500. The van der Waals surface area contributed by atoms with E-state index in [0.717, 1.165) is 25.4 Å². The number of hydrogen-bond acceptors (Lipinski definition) is 2. The van der Waals surface area contributed by atoms with Crippen LogP contribution in [0.2, 0.25) is 0 Å². The zero-order chi connectivity index (χ0) is 19.6. The Bertz CT molecular complexity index is 817. The molecule has 0 bridgehead atoms. The lowest BCUT2D eigenvalue weighted by molar-refractivity contribution is -0.125. The summed E-state index contributed by atoms with van der Waals surface area (Å²) in [5.41, 5.74) is 2.59. The fourth-order valence-corrected chi connectivity index (χ4v) is 5.85. The van der Waals surface area contributed by atoms with E-state index in [1.54, 1.807) is 0 Å². The number of benzene rings is 2. The first kappa shape index (κ1) is 18.9. The third-order valence-electron chi connectivity index (χ3n) is 7.57. The van der Waals surface area contributed by atoms with Crippen LogP contribution in [0.1, 0.15) is 49.1 Å². The van der Waals surface area contributed by atoms with E-state index in [1.165, 1.54) is 43.4 Å². The second-order valence-electron chi connectivity index (χ2n) is 9.38. The Hall–Kier alpha value is -2.13. The van der Waals surface area contributed by atoms with E-state index < -0.39 is 0 Å². The highest BCUT2D eigenvalue weighted by atomic mass is 16.2. The molecule has 0 aromatic heterocycles. The Kier molecular flexibility index (Phi) is 5.41. The van der Waals surface area contributed by atoms with Gasteiger partial charge < -0.3 is 5.32 Å². The van der Waals surface area contributed by atoms with Crippen molar-refractivity contribution in [2.75, 3.05) is 13.1 Å². The Morgan fingerprint density at radius 2 is 1.66 bits per heavy atom. The second-order valence-corrected chi connectivity index (χ2v) is 9.38. The Balaban J connectivity index is 1.24. The minimum absolute atomic E-state index is 0.0332. The number of nitrogens with one attached hydrogen (secondary N) is 1. The maximum atomic E-state index is 13.4. The number of carbonyl (C=O) groups is 1.